The molecule has 1 aromatic carbocycles. The first-order valence-electron chi connectivity index (χ1n) is 3.76. The molecule has 0 spiro atoms. The van der Waals surface area contributed by atoms with Crippen LogP contribution in [0.1, 0.15) is 21.5 Å². The van der Waals surface area contributed by atoms with Crippen LogP contribution in [-0.2, 0) is 6.54 Å². The lowest BCUT2D eigenvalue weighted by molar-refractivity contribution is 0.0695. The Morgan fingerprint density at radius 3 is 2.71 bits per heavy atom. The number of halogens is 1. The Morgan fingerprint density at radius 2 is 2.29 bits per heavy atom. The van der Waals surface area contributed by atoms with Crippen molar-refractivity contribution in [2.45, 2.75) is 6.54 Å². The number of carbonyl (C=O) groups is 1. The number of carboxylic acids is 1. The van der Waals surface area contributed by atoms with Gasteiger partial charge in [0.25, 0.3) is 0 Å². The molecule has 5 heteroatoms. The van der Waals surface area contributed by atoms with Crippen LogP contribution in [0, 0.1) is 11.3 Å². The summed E-state index contributed by atoms with van der Waals surface area (Å²) in [6, 6.07) is 4.73. The molecule has 14 heavy (non-hydrogen) atoms. The van der Waals surface area contributed by atoms with E-state index < -0.39 is 5.97 Å². The van der Waals surface area contributed by atoms with Gasteiger partial charge in [0.15, 0.2) is 0 Å². The third-order valence-corrected chi connectivity index (χ3v) is 2.10. The second-order valence-electron chi connectivity index (χ2n) is 2.58. The van der Waals surface area contributed by atoms with Crippen LogP contribution in [0.3, 0.4) is 0 Å². The molecule has 0 amide bonds. The summed E-state index contributed by atoms with van der Waals surface area (Å²) in [4.78, 5) is 10.8. The highest BCUT2D eigenvalue weighted by Gasteiger charge is 2.17. The van der Waals surface area contributed by atoms with E-state index in [1.165, 1.54) is 12.1 Å². The van der Waals surface area contributed by atoms with Crippen molar-refractivity contribution >= 4 is 17.6 Å². The molecule has 0 unspecified atom stereocenters. The van der Waals surface area contributed by atoms with Crippen molar-refractivity contribution < 1.29 is 9.90 Å². The average Bonchev–Trinajstić information content (AvgIpc) is 2.17. The standard InChI is InChI=1S/C9H7ClN2O2/c10-7-2-1-5(3-11)8(9(13)14)6(7)4-12/h1-2H,3,11H2,(H,13,14). The number of nitrogens with two attached hydrogens (primary N) is 1. The molecule has 0 atom stereocenters. The zero-order chi connectivity index (χ0) is 10.7. The number of hydrogen-bond acceptors (Lipinski definition) is 3. The molecule has 1 aromatic rings. The summed E-state index contributed by atoms with van der Waals surface area (Å²) in [6.07, 6.45) is 0. The van der Waals surface area contributed by atoms with Gasteiger partial charge in [0.1, 0.15) is 6.07 Å². The first-order chi connectivity index (χ1) is 6.61. The van der Waals surface area contributed by atoms with Crippen molar-refractivity contribution in [1.82, 2.24) is 0 Å². The Balaban J connectivity index is 3.54. The summed E-state index contributed by atoms with van der Waals surface area (Å²) in [7, 11) is 0. The third kappa shape index (κ3) is 1.69. The Morgan fingerprint density at radius 1 is 1.64 bits per heavy atom. The highest BCUT2D eigenvalue weighted by Crippen LogP contribution is 2.22. The van der Waals surface area contributed by atoms with E-state index in [0.29, 0.717) is 5.56 Å². The van der Waals surface area contributed by atoms with E-state index in [1.807, 2.05) is 0 Å². The van der Waals surface area contributed by atoms with Crippen LogP contribution in [0.15, 0.2) is 12.1 Å². The first-order valence-corrected chi connectivity index (χ1v) is 4.14. The van der Waals surface area contributed by atoms with Crippen molar-refractivity contribution in [3.05, 3.63) is 33.8 Å². The maximum absolute atomic E-state index is 10.8. The fourth-order valence-corrected chi connectivity index (χ4v) is 1.34. The Kier molecular flexibility index (Phi) is 3.07. The minimum absolute atomic E-state index is 0.0397. The summed E-state index contributed by atoms with van der Waals surface area (Å²) in [5.41, 5.74) is 5.60. The van der Waals surface area contributed by atoms with Gasteiger partial charge in [0, 0.05) is 6.54 Å². The van der Waals surface area contributed by atoms with Crippen molar-refractivity contribution in [2.75, 3.05) is 0 Å². The molecule has 0 aromatic heterocycles. The maximum atomic E-state index is 10.8. The largest absolute Gasteiger partial charge is 0.478 e. The molecular weight excluding hydrogens is 204 g/mol. The van der Waals surface area contributed by atoms with Crippen LogP contribution in [0.4, 0.5) is 0 Å². The maximum Gasteiger partial charge on any atom is 0.337 e. The molecule has 0 saturated heterocycles. The smallest absolute Gasteiger partial charge is 0.337 e. The lowest BCUT2D eigenvalue weighted by Crippen LogP contribution is -2.09. The molecule has 0 heterocycles. The van der Waals surface area contributed by atoms with Crippen LogP contribution in [0.25, 0.3) is 0 Å². The second kappa shape index (κ2) is 4.09. The summed E-state index contributed by atoms with van der Waals surface area (Å²) >= 11 is 5.68. The third-order valence-electron chi connectivity index (χ3n) is 1.79. The average molecular weight is 211 g/mol. The summed E-state index contributed by atoms with van der Waals surface area (Å²) in [5.74, 6) is -1.19. The fourth-order valence-electron chi connectivity index (χ4n) is 1.14. The highest BCUT2D eigenvalue weighted by atomic mass is 35.5. The van der Waals surface area contributed by atoms with Gasteiger partial charge in [0.2, 0.25) is 0 Å². The van der Waals surface area contributed by atoms with Gasteiger partial charge in [-0.1, -0.05) is 17.7 Å². The van der Waals surface area contributed by atoms with E-state index in [4.69, 9.17) is 27.7 Å². The molecule has 4 nitrogen and oxygen atoms in total. The second-order valence-corrected chi connectivity index (χ2v) is 2.98. The van der Waals surface area contributed by atoms with Gasteiger partial charge in [-0.2, -0.15) is 5.26 Å². The fraction of sp³-hybridized carbons (Fsp3) is 0.111. The number of nitrogens with zero attached hydrogens (tertiary/aromatic N) is 1. The van der Waals surface area contributed by atoms with Crippen LogP contribution >= 0.6 is 11.6 Å². The van der Waals surface area contributed by atoms with Gasteiger partial charge in [-0.25, -0.2) is 4.79 Å². The summed E-state index contributed by atoms with van der Waals surface area (Å²) in [5, 5.41) is 17.7. The topological polar surface area (TPSA) is 87.1 Å². The minimum Gasteiger partial charge on any atom is -0.478 e. The molecule has 0 fully saturated rings. The molecule has 72 valence electrons. The molecule has 0 aliphatic rings. The lowest BCUT2D eigenvalue weighted by Gasteiger charge is -2.06. The lowest BCUT2D eigenvalue weighted by atomic mass is 10.0. The van der Waals surface area contributed by atoms with Crippen LogP contribution in [-0.4, -0.2) is 11.1 Å². The first kappa shape index (κ1) is 10.5. The van der Waals surface area contributed by atoms with Crippen molar-refractivity contribution in [3.63, 3.8) is 0 Å². The quantitative estimate of drug-likeness (QED) is 0.772. The monoisotopic (exact) mass is 210 g/mol. The molecular formula is C9H7ClN2O2. The van der Waals surface area contributed by atoms with E-state index in [9.17, 15) is 4.79 Å². The van der Waals surface area contributed by atoms with Gasteiger partial charge in [-0.05, 0) is 11.6 Å². The van der Waals surface area contributed by atoms with Gasteiger partial charge >= 0.3 is 5.97 Å². The SMILES string of the molecule is N#Cc1c(Cl)ccc(CN)c1C(=O)O. The summed E-state index contributed by atoms with van der Waals surface area (Å²) < 4.78 is 0. The van der Waals surface area contributed by atoms with E-state index >= 15 is 0 Å². The minimum atomic E-state index is -1.19. The Bertz CT molecular complexity index is 424. The van der Waals surface area contributed by atoms with Crippen molar-refractivity contribution in [1.29, 1.82) is 5.26 Å². The molecule has 0 saturated carbocycles. The molecule has 0 bridgehead atoms. The van der Waals surface area contributed by atoms with Crippen LogP contribution < -0.4 is 5.73 Å². The van der Waals surface area contributed by atoms with Crippen LogP contribution in [0.5, 0.6) is 0 Å². The molecule has 0 aliphatic carbocycles. The van der Waals surface area contributed by atoms with E-state index in [1.54, 1.807) is 6.07 Å². The number of benzene rings is 1. The van der Waals surface area contributed by atoms with Gasteiger partial charge < -0.3 is 10.8 Å². The number of aromatic carboxylic acids is 1. The zero-order valence-corrected chi connectivity index (χ0v) is 7.88. The zero-order valence-electron chi connectivity index (χ0n) is 7.12. The highest BCUT2D eigenvalue weighted by molar-refractivity contribution is 6.32. The number of rotatable bonds is 2. The molecule has 0 aliphatic heterocycles. The van der Waals surface area contributed by atoms with Crippen molar-refractivity contribution in [3.8, 4) is 6.07 Å². The van der Waals surface area contributed by atoms with E-state index in [-0.39, 0.29) is 22.7 Å². The van der Waals surface area contributed by atoms with E-state index in [0.717, 1.165) is 0 Å². The normalized spacial score (nSPS) is 9.50. The predicted molar refractivity (Wildman–Crippen MR) is 51.0 cm³/mol. The molecule has 3 N–H and O–H groups in total. The van der Waals surface area contributed by atoms with Crippen molar-refractivity contribution in [2.24, 2.45) is 5.73 Å². The van der Waals surface area contributed by atoms with Crippen LogP contribution in [0.2, 0.25) is 5.02 Å². The number of carboxylic acid groups (broad SMARTS) is 1. The molecule has 0 radical (unpaired) electrons. The predicted octanol–water partition coefficient (Wildman–Crippen LogP) is 1.37. The van der Waals surface area contributed by atoms with Gasteiger partial charge in [-0.3, -0.25) is 0 Å². The Labute approximate surface area is 85.5 Å². The van der Waals surface area contributed by atoms with Gasteiger partial charge in [-0.15, -0.1) is 0 Å². The number of hydrogen-bond donors (Lipinski definition) is 2. The summed E-state index contributed by atoms with van der Waals surface area (Å²) in [6.45, 7) is 0.0630. The van der Waals surface area contributed by atoms with E-state index in [2.05, 4.69) is 0 Å². The molecule has 1 rings (SSSR count). The Hall–Kier alpha value is -1.57. The van der Waals surface area contributed by atoms with Gasteiger partial charge in [0.05, 0.1) is 16.1 Å². The number of nitriles is 1.